The molecule has 0 saturated heterocycles. The van der Waals surface area contributed by atoms with Crippen molar-refractivity contribution in [3.63, 3.8) is 0 Å². The van der Waals surface area contributed by atoms with Gasteiger partial charge in [-0.2, -0.15) is 0 Å². The minimum absolute atomic E-state index is 0.896. The second kappa shape index (κ2) is 4.66. The molecule has 84 valence electrons. The molecular formula is C13H14O2S. The predicted octanol–water partition coefficient (Wildman–Crippen LogP) is 4.06. The summed E-state index contributed by atoms with van der Waals surface area (Å²) in [5, 5.41) is 0. The Bertz CT molecular complexity index is 469. The summed E-state index contributed by atoms with van der Waals surface area (Å²) in [6.07, 6.45) is 1.78. The summed E-state index contributed by atoms with van der Waals surface area (Å²) in [5.41, 5.74) is 1.16. The fraction of sp³-hybridized carbons (Fsp3) is 0.231. The van der Waals surface area contributed by atoms with E-state index in [-0.39, 0.29) is 0 Å². The van der Waals surface area contributed by atoms with Crippen molar-refractivity contribution >= 4 is 11.8 Å². The molecule has 2 aromatic rings. The van der Waals surface area contributed by atoms with Crippen molar-refractivity contribution in [2.24, 2.45) is 0 Å². The maximum Gasteiger partial charge on any atom is 0.132 e. The summed E-state index contributed by atoms with van der Waals surface area (Å²) < 4.78 is 10.7. The Morgan fingerprint density at radius 1 is 1.19 bits per heavy atom. The highest BCUT2D eigenvalue weighted by atomic mass is 32.2. The molecule has 1 aromatic carbocycles. The minimum Gasteiger partial charge on any atom is -0.496 e. The Hall–Kier alpha value is -1.35. The zero-order chi connectivity index (χ0) is 11.5. The molecular weight excluding hydrogens is 220 g/mol. The highest BCUT2D eigenvalue weighted by Crippen LogP contribution is 2.38. The van der Waals surface area contributed by atoms with Crippen LogP contribution in [0, 0.1) is 13.8 Å². The van der Waals surface area contributed by atoms with Crippen LogP contribution < -0.4 is 4.74 Å². The second-order valence-corrected chi connectivity index (χ2v) is 4.61. The number of ether oxygens (including phenoxy) is 1. The van der Waals surface area contributed by atoms with E-state index in [1.165, 1.54) is 4.90 Å². The number of benzene rings is 1. The van der Waals surface area contributed by atoms with E-state index in [9.17, 15) is 0 Å². The zero-order valence-corrected chi connectivity index (χ0v) is 10.4. The lowest BCUT2D eigenvalue weighted by Crippen LogP contribution is -1.85. The third kappa shape index (κ3) is 2.09. The van der Waals surface area contributed by atoms with Crippen LogP contribution in [0.2, 0.25) is 0 Å². The van der Waals surface area contributed by atoms with E-state index in [1.54, 1.807) is 25.1 Å². The Morgan fingerprint density at radius 2 is 1.94 bits per heavy atom. The van der Waals surface area contributed by atoms with E-state index in [2.05, 4.69) is 6.07 Å². The molecule has 0 N–H and O–H groups in total. The van der Waals surface area contributed by atoms with Crippen LogP contribution in [-0.2, 0) is 0 Å². The molecule has 1 aromatic heterocycles. The molecule has 0 spiro atoms. The van der Waals surface area contributed by atoms with Crippen molar-refractivity contribution < 1.29 is 9.15 Å². The van der Waals surface area contributed by atoms with Crippen molar-refractivity contribution in [2.75, 3.05) is 7.11 Å². The largest absolute Gasteiger partial charge is 0.496 e. The number of hydrogen-bond acceptors (Lipinski definition) is 3. The molecule has 0 saturated carbocycles. The Kier molecular flexibility index (Phi) is 3.25. The van der Waals surface area contributed by atoms with Gasteiger partial charge in [0.05, 0.1) is 23.2 Å². The number of para-hydroxylation sites is 1. The summed E-state index contributed by atoms with van der Waals surface area (Å²) >= 11 is 1.68. The molecule has 16 heavy (non-hydrogen) atoms. The lowest BCUT2D eigenvalue weighted by Gasteiger charge is -2.07. The van der Waals surface area contributed by atoms with Crippen LogP contribution in [0.15, 0.2) is 44.7 Å². The van der Waals surface area contributed by atoms with E-state index in [0.29, 0.717) is 0 Å². The van der Waals surface area contributed by atoms with E-state index in [1.807, 2.05) is 32.0 Å². The molecule has 0 amide bonds. The fourth-order valence-electron chi connectivity index (χ4n) is 1.53. The van der Waals surface area contributed by atoms with Crippen molar-refractivity contribution in [1.82, 2.24) is 0 Å². The van der Waals surface area contributed by atoms with Gasteiger partial charge in [-0.25, -0.2) is 0 Å². The molecule has 3 heteroatoms. The van der Waals surface area contributed by atoms with Gasteiger partial charge in [-0.3, -0.25) is 0 Å². The molecule has 0 unspecified atom stereocenters. The van der Waals surface area contributed by atoms with Gasteiger partial charge in [-0.05, 0) is 26.0 Å². The van der Waals surface area contributed by atoms with Crippen molar-refractivity contribution in [3.8, 4) is 5.75 Å². The normalized spacial score (nSPS) is 10.4. The van der Waals surface area contributed by atoms with Crippen molar-refractivity contribution in [2.45, 2.75) is 23.6 Å². The van der Waals surface area contributed by atoms with E-state index in [0.717, 1.165) is 22.0 Å². The maximum absolute atomic E-state index is 5.38. The van der Waals surface area contributed by atoms with Crippen LogP contribution in [0.4, 0.5) is 0 Å². The number of methoxy groups -OCH3 is 1. The Morgan fingerprint density at radius 3 is 2.56 bits per heavy atom. The van der Waals surface area contributed by atoms with Crippen LogP contribution in [0.5, 0.6) is 5.75 Å². The standard InChI is InChI=1S/C13H14O2S/c1-9-8-15-10(2)13(9)16-12-7-5-4-6-11(12)14-3/h4-8H,1-3H3. The minimum atomic E-state index is 0.896. The van der Waals surface area contributed by atoms with Crippen LogP contribution >= 0.6 is 11.8 Å². The Balaban J connectivity index is 2.34. The van der Waals surface area contributed by atoms with E-state index >= 15 is 0 Å². The first-order valence-electron chi connectivity index (χ1n) is 5.08. The van der Waals surface area contributed by atoms with Crippen LogP contribution in [0.25, 0.3) is 0 Å². The SMILES string of the molecule is COc1ccccc1Sc1c(C)coc1C. The molecule has 0 aliphatic heterocycles. The van der Waals surface area contributed by atoms with E-state index < -0.39 is 0 Å². The fourth-order valence-corrected chi connectivity index (χ4v) is 2.55. The van der Waals surface area contributed by atoms with Crippen LogP contribution in [0.3, 0.4) is 0 Å². The van der Waals surface area contributed by atoms with Gasteiger partial charge in [0.15, 0.2) is 0 Å². The monoisotopic (exact) mass is 234 g/mol. The van der Waals surface area contributed by atoms with Crippen LogP contribution in [0.1, 0.15) is 11.3 Å². The molecule has 0 bridgehead atoms. The van der Waals surface area contributed by atoms with Gasteiger partial charge in [-0.1, -0.05) is 23.9 Å². The summed E-state index contributed by atoms with van der Waals surface area (Å²) in [5.74, 6) is 1.85. The topological polar surface area (TPSA) is 22.4 Å². The third-order valence-electron chi connectivity index (χ3n) is 2.37. The smallest absolute Gasteiger partial charge is 0.132 e. The lowest BCUT2D eigenvalue weighted by molar-refractivity contribution is 0.405. The third-order valence-corrected chi connectivity index (χ3v) is 3.74. The molecule has 0 radical (unpaired) electrons. The van der Waals surface area contributed by atoms with Gasteiger partial charge in [0, 0.05) is 5.56 Å². The first-order chi connectivity index (χ1) is 7.72. The predicted molar refractivity (Wildman–Crippen MR) is 65.3 cm³/mol. The van der Waals surface area contributed by atoms with Crippen molar-refractivity contribution in [1.29, 1.82) is 0 Å². The highest BCUT2D eigenvalue weighted by Gasteiger charge is 2.11. The summed E-state index contributed by atoms with van der Waals surface area (Å²) in [4.78, 5) is 2.28. The molecule has 0 aliphatic carbocycles. The molecule has 2 rings (SSSR count). The second-order valence-electron chi connectivity index (χ2n) is 3.56. The number of furan rings is 1. The summed E-state index contributed by atoms with van der Waals surface area (Å²) in [6, 6.07) is 8.00. The highest BCUT2D eigenvalue weighted by molar-refractivity contribution is 7.99. The zero-order valence-electron chi connectivity index (χ0n) is 9.61. The summed E-state index contributed by atoms with van der Waals surface area (Å²) in [7, 11) is 1.69. The number of rotatable bonds is 3. The molecule has 0 atom stereocenters. The van der Waals surface area contributed by atoms with Gasteiger partial charge < -0.3 is 9.15 Å². The lowest BCUT2D eigenvalue weighted by atomic mass is 10.3. The number of aryl methyl sites for hydroxylation is 2. The van der Waals surface area contributed by atoms with E-state index in [4.69, 9.17) is 9.15 Å². The van der Waals surface area contributed by atoms with Gasteiger partial charge >= 0.3 is 0 Å². The molecule has 0 fully saturated rings. The average molecular weight is 234 g/mol. The van der Waals surface area contributed by atoms with Gasteiger partial charge in [0.1, 0.15) is 11.5 Å². The van der Waals surface area contributed by atoms with Gasteiger partial charge in [0.2, 0.25) is 0 Å². The molecule has 2 nitrogen and oxygen atoms in total. The first-order valence-corrected chi connectivity index (χ1v) is 5.89. The first kappa shape index (κ1) is 11.1. The molecule has 0 aliphatic rings. The number of hydrogen-bond donors (Lipinski definition) is 0. The maximum atomic E-state index is 5.38. The Labute approximate surface area is 99.6 Å². The van der Waals surface area contributed by atoms with Crippen LogP contribution in [-0.4, -0.2) is 7.11 Å². The van der Waals surface area contributed by atoms with Gasteiger partial charge in [-0.15, -0.1) is 0 Å². The van der Waals surface area contributed by atoms with Crippen molar-refractivity contribution in [3.05, 3.63) is 41.9 Å². The van der Waals surface area contributed by atoms with Gasteiger partial charge in [0.25, 0.3) is 0 Å². The summed E-state index contributed by atoms with van der Waals surface area (Å²) in [6.45, 7) is 4.03. The quantitative estimate of drug-likeness (QED) is 0.799. The average Bonchev–Trinajstić information content (AvgIpc) is 2.61. The molecule has 1 heterocycles.